The topological polar surface area (TPSA) is 64.2 Å². The van der Waals surface area contributed by atoms with Gasteiger partial charge in [-0.25, -0.2) is 0 Å². The molecule has 0 spiro atoms. The minimum atomic E-state index is 0.109. The highest BCUT2D eigenvalue weighted by Crippen LogP contribution is 2.38. The largest absolute Gasteiger partial charge is 0.508 e. The Hall–Kier alpha value is -2.73. The van der Waals surface area contributed by atoms with Gasteiger partial charge in [-0.2, -0.15) is 5.26 Å². The molecule has 0 saturated heterocycles. The Morgan fingerprint density at radius 2 is 1.64 bits per heavy atom. The van der Waals surface area contributed by atoms with Gasteiger partial charge in [0, 0.05) is 0 Å². The summed E-state index contributed by atoms with van der Waals surface area (Å²) in [7, 11) is 0. The maximum atomic E-state index is 9.68. The number of fused-ring (bicyclic) bond motifs is 1. The van der Waals surface area contributed by atoms with Crippen LogP contribution in [0.2, 0.25) is 0 Å². The van der Waals surface area contributed by atoms with Crippen molar-refractivity contribution >= 4 is 11.1 Å². The van der Waals surface area contributed by atoms with Crippen LogP contribution in [-0.4, -0.2) is 10.2 Å². The van der Waals surface area contributed by atoms with Crippen LogP contribution in [0.25, 0.3) is 11.1 Å². The van der Waals surface area contributed by atoms with Crippen LogP contribution < -0.4 is 0 Å². The van der Waals surface area contributed by atoms with Crippen LogP contribution in [0.4, 0.5) is 0 Å². The smallest absolute Gasteiger partial charge is 0.116 e. The van der Waals surface area contributed by atoms with Crippen molar-refractivity contribution in [3.63, 3.8) is 0 Å². The predicted octanol–water partition coefficient (Wildman–Crippen LogP) is 4.24. The molecule has 0 unspecified atom stereocenters. The second-order valence-electron chi connectivity index (χ2n) is 5.64. The molecule has 0 aromatic heterocycles. The van der Waals surface area contributed by atoms with Gasteiger partial charge in [-0.15, -0.1) is 0 Å². The number of phenols is 2. The van der Waals surface area contributed by atoms with E-state index in [4.69, 9.17) is 0 Å². The lowest BCUT2D eigenvalue weighted by atomic mass is 9.91. The van der Waals surface area contributed by atoms with E-state index in [2.05, 4.69) is 13.0 Å². The third kappa shape index (κ3) is 2.44. The zero-order valence-corrected chi connectivity index (χ0v) is 12.4. The molecular formula is C19H17NO2. The van der Waals surface area contributed by atoms with Crippen LogP contribution >= 0.6 is 0 Å². The Kier molecular flexibility index (Phi) is 3.60. The summed E-state index contributed by atoms with van der Waals surface area (Å²) >= 11 is 0. The van der Waals surface area contributed by atoms with Gasteiger partial charge in [-0.05, 0) is 84.4 Å². The number of aromatic hydroxyl groups is 2. The molecule has 2 aromatic rings. The van der Waals surface area contributed by atoms with Crippen molar-refractivity contribution in [1.29, 1.82) is 5.26 Å². The summed E-state index contributed by atoms with van der Waals surface area (Å²) in [5.74, 6) is 0.398. The minimum absolute atomic E-state index is 0.109. The fraction of sp³-hybridized carbons (Fsp3) is 0.211. The summed E-state index contributed by atoms with van der Waals surface area (Å²) in [4.78, 5) is 0. The van der Waals surface area contributed by atoms with E-state index >= 15 is 0 Å². The van der Waals surface area contributed by atoms with Crippen LogP contribution in [0.3, 0.4) is 0 Å². The highest BCUT2D eigenvalue weighted by molar-refractivity contribution is 5.93. The predicted molar refractivity (Wildman–Crippen MR) is 86.4 cm³/mol. The number of nitrogens with zero attached hydrogens (tertiary/aromatic N) is 1. The molecule has 2 N–H and O–H groups in total. The molecule has 110 valence electrons. The Balaban J connectivity index is 2.20. The van der Waals surface area contributed by atoms with Gasteiger partial charge in [0.2, 0.25) is 0 Å². The minimum Gasteiger partial charge on any atom is -0.508 e. The van der Waals surface area contributed by atoms with E-state index in [9.17, 15) is 15.5 Å². The average Bonchev–Trinajstić information content (AvgIpc) is 2.66. The molecule has 2 aromatic carbocycles. The van der Waals surface area contributed by atoms with Crippen LogP contribution in [0.5, 0.6) is 11.5 Å². The van der Waals surface area contributed by atoms with Gasteiger partial charge in [0.15, 0.2) is 0 Å². The zero-order chi connectivity index (χ0) is 15.7. The molecule has 0 atom stereocenters. The second kappa shape index (κ2) is 5.57. The normalized spacial score (nSPS) is 14.2. The number of aryl methyl sites for hydroxylation is 1. The average molecular weight is 291 g/mol. The lowest BCUT2D eigenvalue weighted by molar-refractivity contribution is 0.474. The van der Waals surface area contributed by atoms with Crippen LogP contribution in [0.1, 0.15) is 42.0 Å². The summed E-state index contributed by atoms with van der Waals surface area (Å²) in [5, 5.41) is 28.6. The summed E-state index contributed by atoms with van der Waals surface area (Å²) < 4.78 is 0. The molecule has 0 bridgehead atoms. The third-order valence-electron chi connectivity index (χ3n) is 4.27. The molecule has 3 heteroatoms. The number of hydrogen-bond donors (Lipinski definition) is 2. The standard InChI is InChI=1S/C19H17NO2/c1-12-17-7-5-15(21)9-13(17)3-2-4-18(12)19-8-6-16(22)10-14(19)11-20/h5-10,21-22H,2-4H2,1H3. The lowest BCUT2D eigenvalue weighted by Crippen LogP contribution is -1.93. The Morgan fingerprint density at radius 3 is 2.36 bits per heavy atom. The molecular weight excluding hydrogens is 274 g/mol. The van der Waals surface area contributed by atoms with Gasteiger partial charge >= 0.3 is 0 Å². The number of hydrogen-bond acceptors (Lipinski definition) is 3. The highest BCUT2D eigenvalue weighted by atomic mass is 16.3. The van der Waals surface area contributed by atoms with Gasteiger partial charge < -0.3 is 10.2 Å². The monoisotopic (exact) mass is 291 g/mol. The van der Waals surface area contributed by atoms with Crippen molar-refractivity contribution in [2.75, 3.05) is 0 Å². The van der Waals surface area contributed by atoms with E-state index in [0.717, 1.165) is 47.1 Å². The maximum Gasteiger partial charge on any atom is 0.116 e. The molecule has 1 aliphatic carbocycles. The number of phenolic OH excluding ortho intramolecular Hbond substituents is 2. The summed E-state index contributed by atoms with van der Waals surface area (Å²) in [6.07, 6.45) is 2.75. The number of allylic oxidation sites excluding steroid dienone is 2. The molecule has 0 heterocycles. The summed E-state index contributed by atoms with van der Waals surface area (Å²) in [6, 6.07) is 12.6. The molecule has 0 fully saturated rings. The van der Waals surface area contributed by atoms with Gasteiger partial charge in [-0.1, -0.05) is 6.07 Å². The Bertz CT molecular complexity index is 813. The molecule has 0 amide bonds. The first-order valence-corrected chi connectivity index (χ1v) is 7.35. The molecule has 0 aliphatic heterocycles. The fourth-order valence-electron chi connectivity index (χ4n) is 3.18. The first kappa shape index (κ1) is 14.2. The van der Waals surface area contributed by atoms with E-state index in [0.29, 0.717) is 5.56 Å². The molecule has 22 heavy (non-hydrogen) atoms. The summed E-state index contributed by atoms with van der Waals surface area (Å²) in [6.45, 7) is 2.06. The SMILES string of the molecule is CC1=C(c2ccc(O)cc2C#N)CCCc2cc(O)ccc21. The van der Waals surface area contributed by atoms with Crippen molar-refractivity contribution in [3.05, 3.63) is 58.7 Å². The van der Waals surface area contributed by atoms with E-state index < -0.39 is 0 Å². The van der Waals surface area contributed by atoms with Crippen molar-refractivity contribution in [3.8, 4) is 17.6 Å². The molecule has 3 nitrogen and oxygen atoms in total. The van der Waals surface area contributed by atoms with Gasteiger partial charge in [0.1, 0.15) is 11.5 Å². The summed E-state index contributed by atoms with van der Waals surface area (Å²) in [5.41, 5.74) is 5.93. The van der Waals surface area contributed by atoms with Gasteiger partial charge in [0.25, 0.3) is 0 Å². The number of benzene rings is 2. The Labute approximate surface area is 129 Å². The van der Waals surface area contributed by atoms with Crippen molar-refractivity contribution in [1.82, 2.24) is 0 Å². The molecule has 0 radical (unpaired) electrons. The second-order valence-corrected chi connectivity index (χ2v) is 5.64. The maximum absolute atomic E-state index is 9.68. The zero-order valence-electron chi connectivity index (χ0n) is 12.4. The molecule has 0 saturated carbocycles. The lowest BCUT2D eigenvalue weighted by Gasteiger charge is -2.13. The van der Waals surface area contributed by atoms with Crippen LogP contribution in [0, 0.1) is 11.3 Å². The first-order chi connectivity index (χ1) is 10.6. The van der Waals surface area contributed by atoms with Crippen LogP contribution in [0.15, 0.2) is 36.4 Å². The van der Waals surface area contributed by atoms with Crippen molar-refractivity contribution in [2.24, 2.45) is 0 Å². The van der Waals surface area contributed by atoms with E-state index in [1.165, 1.54) is 6.07 Å². The third-order valence-corrected chi connectivity index (χ3v) is 4.27. The van der Waals surface area contributed by atoms with E-state index in [1.54, 1.807) is 12.1 Å². The van der Waals surface area contributed by atoms with Crippen molar-refractivity contribution in [2.45, 2.75) is 26.2 Å². The quantitative estimate of drug-likeness (QED) is 0.826. The van der Waals surface area contributed by atoms with Gasteiger partial charge in [0.05, 0.1) is 11.6 Å². The highest BCUT2D eigenvalue weighted by Gasteiger charge is 2.18. The Morgan fingerprint density at radius 1 is 0.955 bits per heavy atom. The van der Waals surface area contributed by atoms with Crippen LogP contribution in [-0.2, 0) is 6.42 Å². The molecule has 3 rings (SSSR count). The van der Waals surface area contributed by atoms with Crippen molar-refractivity contribution < 1.29 is 10.2 Å². The number of rotatable bonds is 1. The molecule has 1 aliphatic rings. The van der Waals surface area contributed by atoms with Gasteiger partial charge in [-0.3, -0.25) is 0 Å². The number of nitriles is 1. The van der Waals surface area contributed by atoms with E-state index in [1.807, 2.05) is 18.2 Å². The van der Waals surface area contributed by atoms with E-state index in [-0.39, 0.29) is 11.5 Å². The fourth-order valence-corrected chi connectivity index (χ4v) is 3.18. The first-order valence-electron chi connectivity index (χ1n) is 7.35.